The van der Waals surface area contributed by atoms with Gasteiger partial charge in [-0.3, -0.25) is 0 Å². The summed E-state index contributed by atoms with van der Waals surface area (Å²) in [5.41, 5.74) is 6.83. The van der Waals surface area contributed by atoms with Crippen molar-refractivity contribution in [3.05, 3.63) is 45.6 Å². The average molecular weight is 245 g/mol. The molecule has 1 aromatic heterocycles. The lowest BCUT2D eigenvalue weighted by molar-refractivity contribution is 0.729. The Hall–Kier alpha value is -1.12. The normalized spacial score (nSPS) is 10.8. The lowest BCUT2D eigenvalue weighted by Gasteiger charge is -2.07. The first kappa shape index (κ1) is 12.3. The summed E-state index contributed by atoms with van der Waals surface area (Å²) in [6.07, 6.45) is 0. The van der Waals surface area contributed by atoms with Crippen LogP contribution in [0.5, 0.6) is 0 Å². The summed E-state index contributed by atoms with van der Waals surface area (Å²) in [7, 11) is 0. The van der Waals surface area contributed by atoms with Crippen LogP contribution in [0.15, 0.2) is 29.0 Å². The molecule has 0 aliphatic heterocycles. The van der Waals surface area contributed by atoms with Crippen LogP contribution in [0.2, 0.25) is 0 Å². The molecule has 0 bridgehead atoms. The van der Waals surface area contributed by atoms with Crippen LogP contribution in [-0.2, 0) is 6.54 Å². The predicted octanol–water partition coefficient (Wildman–Crippen LogP) is 4.14. The van der Waals surface area contributed by atoms with Crippen LogP contribution >= 0.6 is 11.3 Å². The first-order chi connectivity index (χ1) is 8.22. The molecule has 1 N–H and O–H groups in total. The maximum atomic E-state index is 3.39. The molecule has 1 heterocycles. The molecule has 0 spiro atoms. The molecule has 0 saturated carbocycles. The van der Waals surface area contributed by atoms with E-state index in [1.165, 1.54) is 27.8 Å². The third-order valence-corrected chi connectivity index (χ3v) is 3.92. The highest BCUT2D eigenvalue weighted by atomic mass is 32.1. The molecule has 17 heavy (non-hydrogen) atoms. The van der Waals surface area contributed by atoms with Gasteiger partial charge in [-0.1, -0.05) is 25.1 Å². The van der Waals surface area contributed by atoms with Crippen molar-refractivity contribution in [2.75, 3.05) is 6.54 Å². The minimum atomic E-state index is 0.961. The lowest BCUT2D eigenvalue weighted by Crippen LogP contribution is -2.11. The Morgan fingerprint density at radius 3 is 2.65 bits per heavy atom. The van der Waals surface area contributed by atoms with E-state index in [9.17, 15) is 0 Å². The zero-order chi connectivity index (χ0) is 12.3. The topological polar surface area (TPSA) is 12.0 Å². The van der Waals surface area contributed by atoms with Gasteiger partial charge < -0.3 is 5.32 Å². The number of nitrogens with one attached hydrogen (secondary N) is 1. The minimum Gasteiger partial charge on any atom is -0.313 e. The van der Waals surface area contributed by atoms with Gasteiger partial charge in [0.1, 0.15) is 0 Å². The summed E-state index contributed by atoms with van der Waals surface area (Å²) < 4.78 is 0. The first-order valence-electron chi connectivity index (χ1n) is 6.05. The SMILES string of the molecule is CCNCc1cscc1-c1ccc(C)c(C)c1. The Bertz CT molecular complexity index is 499. The van der Waals surface area contributed by atoms with Gasteiger partial charge in [0.2, 0.25) is 0 Å². The number of hydrogen-bond donors (Lipinski definition) is 1. The zero-order valence-corrected chi connectivity index (χ0v) is 11.5. The summed E-state index contributed by atoms with van der Waals surface area (Å²) in [5.74, 6) is 0. The van der Waals surface area contributed by atoms with Crippen molar-refractivity contribution in [2.24, 2.45) is 0 Å². The van der Waals surface area contributed by atoms with Gasteiger partial charge in [0.15, 0.2) is 0 Å². The highest BCUT2D eigenvalue weighted by Gasteiger charge is 2.06. The number of hydrogen-bond acceptors (Lipinski definition) is 2. The molecule has 0 aliphatic carbocycles. The molecule has 2 rings (SSSR count). The maximum Gasteiger partial charge on any atom is 0.0219 e. The molecule has 0 saturated heterocycles. The Kier molecular flexibility index (Phi) is 3.97. The molecule has 1 nitrogen and oxygen atoms in total. The fourth-order valence-electron chi connectivity index (χ4n) is 1.88. The highest BCUT2D eigenvalue weighted by Crippen LogP contribution is 2.28. The van der Waals surface area contributed by atoms with Crippen LogP contribution in [0, 0.1) is 13.8 Å². The smallest absolute Gasteiger partial charge is 0.0219 e. The number of thiophene rings is 1. The van der Waals surface area contributed by atoms with Crippen molar-refractivity contribution in [3.8, 4) is 11.1 Å². The van der Waals surface area contributed by atoms with E-state index in [1.54, 1.807) is 11.3 Å². The van der Waals surface area contributed by atoms with E-state index in [-0.39, 0.29) is 0 Å². The molecule has 0 unspecified atom stereocenters. The van der Waals surface area contributed by atoms with Crippen molar-refractivity contribution in [1.82, 2.24) is 5.32 Å². The molecule has 1 aromatic carbocycles. The van der Waals surface area contributed by atoms with Gasteiger partial charge in [-0.15, -0.1) is 0 Å². The summed E-state index contributed by atoms with van der Waals surface area (Å²) in [6, 6.07) is 6.71. The fourth-order valence-corrected chi connectivity index (χ4v) is 2.75. The Balaban J connectivity index is 2.32. The summed E-state index contributed by atoms with van der Waals surface area (Å²) >= 11 is 1.78. The van der Waals surface area contributed by atoms with E-state index >= 15 is 0 Å². The third-order valence-electron chi connectivity index (χ3n) is 3.13. The Morgan fingerprint density at radius 1 is 1.12 bits per heavy atom. The predicted molar refractivity (Wildman–Crippen MR) is 76.6 cm³/mol. The van der Waals surface area contributed by atoms with Gasteiger partial charge in [-0.2, -0.15) is 11.3 Å². The quantitative estimate of drug-likeness (QED) is 0.853. The van der Waals surface area contributed by atoms with Crippen LogP contribution in [0.4, 0.5) is 0 Å². The second-order valence-corrected chi connectivity index (χ2v) is 5.13. The van der Waals surface area contributed by atoms with Gasteiger partial charge in [-0.05, 0) is 59.0 Å². The average Bonchev–Trinajstić information content (AvgIpc) is 2.78. The fraction of sp³-hybridized carbons (Fsp3) is 0.333. The van der Waals surface area contributed by atoms with Crippen LogP contribution in [0.3, 0.4) is 0 Å². The molecular formula is C15H19NS. The molecule has 0 atom stereocenters. The highest BCUT2D eigenvalue weighted by molar-refractivity contribution is 7.08. The van der Waals surface area contributed by atoms with E-state index in [2.05, 4.69) is 55.0 Å². The Morgan fingerprint density at radius 2 is 1.94 bits per heavy atom. The van der Waals surface area contributed by atoms with E-state index in [4.69, 9.17) is 0 Å². The zero-order valence-electron chi connectivity index (χ0n) is 10.7. The lowest BCUT2D eigenvalue weighted by atomic mass is 10.00. The van der Waals surface area contributed by atoms with Gasteiger partial charge in [0, 0.05) is 6.54 Å². The molecule has 0 amide bonds. The van der Waals surface area contributed by atoms with Crippen LogP contribution in [0.25, 0.3) is 11.1 Å². The van der Waals surface area contributed by atoms with Crippen molar-refractivity contribution in [3.63, 3.8) is 0 Å². The van der Waals surface area contributed by atoms with Crippen LogP contribution in [0.1, 0.15) is 23.6 Å². The second-order valence-electron chi connectivity index (χ2n) is 4.39. The van der Waals surface area contributed by atoms with Crippen molar-refractivity contribution < 1.29 is 0 Å². The number of rotatable bonds is 4. The van der Waals surface area contributed by atoms with E-state index < -0.39 is 0 Å². The van der Waals surface area contributed by atoms with Crippen molar-refractivity contribution in [1.29, 1.82) is 0 Å². The molecule has 0 aliphatic rings. The third kappa shape index (κ3) is 2.76. The van der Waals surface area contributed by atoms with Gasteiger partial charge in [0.05, 0.1) is 0 Å². The van der Waals surface area contributed by atoms with Crippen LogP contribution in [-0.4, -0.2) is 6.54 Å². The maximum absolute atomic E-state index is 3.39. The van der Waals surface area contributed by atoms with Crippen molar-refractivity contribution in [2.45, 2.75) is 27.3 Å². The summed E-state index contributed by atoms with van der Waals surface area (Å²) in [6.45, 7) is 8.45. The number of benzene rings is 1. The molecule has 0 fully saturated rings. The monoisotopic (exact) mass is 245 g/mol. The summed E-state index contributed by atoms with van der Waals surface area (Å²) in [4.78, 5) is 0. The van der Waals surface area contributed by atoms with Gasteiger partial charge in [0.25, 0.3) is 0 Å². The molecule has 2 heteroatoms. The van der Waals surface area contributed by atoms with Gasteiger partial charge >= 0.3 is 0 Å². The largest absolute Gasteiger partial charge is 0.313 e. The van der Waals surface area contributed by atoms with E-state index in [0.29, 0.717) is 0 Å². The Labute approximate surface area is 108 Å². The van der Waals surface area contributed by atoms with E-state index in [0.717, 1.165) is 13.1 Å². The molecule has 90 valence electrons. The minimum absolute atomic E-state index is 0.961. The first-order valence-corrected chi connectivity index (χ1v) is 7.00. The summed E-state index contributed by atoms with van der Waals surface area (Å²) in [5, 5.41) is 7.88. The molecular weight excluding hydrogens is 226 g/mol. The van der Waals surface area contributed by atoms with Crippen molar-refractivity contribution >= 4 is 11.3 Å². The number of aryl methyl sites for hydroxylation is 2. The molecule has 0 radical (unpaired) electrons. The second kappa shape index (κ2) is 5.48. The van der Waals surface area contributed by atoms with Gasteiger partial charge in [-0.25, -0.2) is 0 Å². The standard InChI is InChI=1S/C15H19NS/c1-4-16-8-14-9-17-10-15(14)13-6-5-11(2)12(3)7-13/h5-7,9-10,16H,4,8H2,1-3H3. The van der Waals surface area contributed by atoms with Crippen LogP contribution < -0.4 is 5.32 Å². The molecule has 2 aromatic rings. The van der Waals surface area contributed by atoms with E-state index in [1.807, 2.05) is 0 Å².